The first-order valence-electron chi connectivity index (χ1n) is 11.8. The summed E-state index contributed by atoms with van der Waals surface area (Å²) in [4.78, 5) is 27.3. The van der Waals surface area contributed by atoms with E-state index in [1.54, 1.807) is 28.9 Å². The first-order chi connectivity index (χ1) is 17.4. The van der Waals surface area contributed by atoms with E-state index in [9.17, 15) is 18.4 Å². The van der Waals surface area contributed by atoms with Crippen molar-refractivity contribution in [2.45, 2.75) is 46.0 Å². The SMILES string of the molecule is CCCCN(CC(=O)Nc1cc(C(C)(C)C)nn1-c1ccc(Cl)c(Cl)c1)C(=O)Nc1ccc(F)c(F)c1. The quantitative estimate of drug-likeness (QED) is 0.315. The summed E-state index contributed by atoms with van der Waals surface area (Å²) in [5, 5.41) is 10.7. The van der Waals surface area contributed by atoms with Crippen LogP contribution in [-0.2, 0) is 10.2 Å². The zero-order valence-corrected chi connectivity index (χ0v) is 22.6. The van der Waals surface area contributed by atoms with Gasteiger partial charge in [0, 0.05) is 29.8 Å². The van der Waals surface area contributed by atoms with Crippen molar-refractivity contribution in [1.82, 2.24) is 14.7 Å². The number of hydrogen-bond donors (Lipinski definition) is 2. The van der Waals surface area contributed by atoms with Gasteiger partial charge in [-0.2, -0.15) is 5.10 Å². The minimum absolute atomic E-state index is 0.0818. The molecular weight excluding hydrogens is 523 g/mol. The molecule has 11 heteroatoms. The van der Waals surface area contributed by atoms with Gasteiger partial charge in [-0.1, -0.05) is 57.3 Å². The molecule has 198 valence electrons. The highest BCUT2D eigenvalue weighted by atomic mass is 35.5. The van der Waals surface area contributed by atoms with E-state index in [1.165, 1.54) is 11.0 Å². The second kappa shape index (κ2) is 11.9. The molecule has 1 aromatic heterocycles. The first kappa shape index (κ1) is 28.4. The molecule has 0 spiro atoms. The molecule has 0 unspecified atom stereocenters. The zero-order chi connectivity index (χ0) is 27.3. The van der Waals surface area contributed by atoms with Crippen LogP contribution in [0.3, 0.4) is 0 Å². The van der Waals surface area contributed by atoms with Crippen LogP contribution in [-0.4, -0.2) is 39.7 Å². The summed E-state index contributed by atoms with van der Waals surface area (Å²) < 4.78 is 28.4. The number of hydrogen-bond acceptors (Lipinski definition) is 3. The van der Waals surface area contributed by atoms with Crippen LogP contribution in [0.1, 0.15) is 46.2 Å². The minimum Gasteiger partial charge on any atom is -0.315 e. The molecule has 0 bridgehead atoms. The summed E-state index contributed by atoms with van der Waals surface area (Å²) in [6.07, 6.45) is 1.43. The van der Waals surface area contributed by atoms with Gasteiger partial charge < -0.3 is 15.5 Å². The fourth-order valence-electron chi connectivity index (χ4n) is 3.38. The standard InChI is InChI=1S/C26H29Cl2F2N5O2/c1-5-6-11-34(25(37)31-16-7-10-20(29)21(30)12-16)15-24(36)32-23-14-22(26(2,3)4)33-35(23)17-8-9-18(27)19(28)13-17/h7-10,12-14H,5-6,11,15H2,1-4H3,(H,31,37)(H,32,36). The molecular formula is C26H29Cl2F2N5O2. The van der Waals surface area contributed by atoms with Crippen molar-refractivity contribution in [1.29, 1.82) is 0 Å². The molecule has 0 aliphatic heterocycles. The van der Waals surface area contributed by atoms with Crippen LogP contribution in [0.5, 0.6) is 0 Å². The Morgan fingerprint density at radius 1 is 1.00 bits per heavy atom. The molecule has 0 aliphatic rings. The summed E-state index contributed by atoms with van der Waals surface area (Å²) >= 11 is 12.3. The van der Waals surface area contributed by atoms with Crippen LogP contribution in [0.2, 0.25) is 10.0 Å². The molecule has 0 radical (unpaired) electrons. The predicted octanol–water partition coefficient (Wildman–Crippen LogP) is 7.03. The number of carbonyl (C=O) groups is 2. The topological polar surface area (TPSA) is 79.3 Å². The Labute approximate surface area is 224 Å². The summed E-state index contributed by atoms with van der Waals surface area (Å²) in [5.74, 6) is -2.17. The summed E-state index contributed by atoms with van der Waals surface area (Å²) in [6, 6.07) is 9.21. The Morgan fingerprint density at radius 2 is 1.73 bits per heavy atom. The molecule has 3 amide bonds. The molecule has 2 N–H and O–H groups in total. The van der Waals surface area contributed by atoms with Gasteiger partial charge in [-0.05, 0) is 36.8 Å². The van der Waals surface area contributed by atoms with Gasteiger partial charge in [0.15, 0.2) is 11.6 Å². The van der Waals surface area contributed by atoms with Gasteiger partial charge in [0.2, 0.25) is 5.91 Å². The van der Waals surface area contributed by atoms with Crippen molar-refractivity contribution in [2.75, 3.05) is 23.7 Å². The van der Waals surface area contributed by atoms with E-state index in [0.717, 1.165) is 24.2 Å². The second-order valence-electron chi connectivity index (χ2n) is 9.56. The van der Waals surface area contributed by atoms with Crippen molar-refractivity contribution in [2.24, 2.45) is 0 Å². The van der Waals surface area contributed by atoms with Gasteiger partial charge in [-0.25, -0.2) is 18.3 Å². The number of nitrogens with zero attached hydrogens (tertiary/aromatic N) is 3. The van der Waals surface area contributed by atoms with Crippen molar-refractivity contribution in [3.63, 3.8) is 0 Å². The summed E-state index contributed by atoms with van der Waals surface area (Å²) in [5.41, 5.74) is 1.10. The Hall–Kier alpha value is -3.17. The van der Waals surface area contributed by atoms with E-state index in [2.05, 4.69) is 15.7 Å². The van der Waals surface area contributed by atoms with Crippen LogP contribution in [0.25, 0.3) is 5.69 Å². The smallest absolute Gasteiger partial charge is 0.315 e. The van der Waals surface area contributed by atoms with Crippen molar-refractivity contribution in [3.05, 3.63) is 69.8 Å². The van der Waals surface area contributed by atoms with Crippen molar-refractivity contribution < 1.29 is 18.4 Å². The minimum atomic E-state index is -1.08. The maximum absolute atomic E-state index is 13.6. The third kappa shape index (κ3) is 7.42. The van der Waals surface area contributed by atoms with Crippen LogP contribution in [0.15, 0.2) is 42.5 Å². The number of aromatic nitrogens is 2. The summed E-state index contributed by atoms with van der Waals surface area (Å²) in [6.45, 7) is 7.96. The van der Waals surface area contributed by atoms with Gasteiger partial charge in [-0.3, -0.25) is 4.79 Å². The highest BCUT2D eigenvalue weighted by Gasteiger charge is 2.23. The Morgan fingerprint density at radius 3 is 2.35 bits per heavy atom. The molecule has 0 fully saturated rings. The van der Waals surface area contributed by atoms with Gasteiger partial charge >= 0.3 is 6.03 Å². The van der Waals surface area contributed by atoms with E-state index in [-0.39, 0.29) is 17.6 Å². The molecule has 0 saturated carbocycles. The third-order valence-electron chi connectivity index (χ3n) is 5.47. The van der Waals surface area contributed by atoms with Gasteiger partial charge in [0.25, 0.3) is 0 Å². The second-order valence-corrected chi connectivity index (χ2v) is 10.4. The van der Waals surface area contributed by atoms with Crippen LogP contribution < -0.4 is 10.6 Å². The largest absolute Gasteiger partial charge is 0.322 e. The van der Waals surface area contributed by atoms with Crippen LogP contribution >= 0.6 is 23.2 Å². The van der Waals surface area contributed by atoms with Gasteiger partial charge in [0.05, 0.1) is 21.4 Å². The van der Waals surface area contributed by atoms with E-state index < -0.39 is 23.6 Å². The number of amides is 3. The predicted molar refractivity (Wildman–Crippen MR) is 143 cm³/mol. The number of anilines is 2. The number of benzene rings is 2. The number of halogens is 4. The van der Waals surface area contributed by atoms with Crippen LogP contribution in [0.4, 0.5) is 25.1 Å². The number of unbranched alkanes of at least 4 members (excludes halogenated alkanes) is 1. The molecule has 37 heavy (non-hydrogen) atoms. The lowest BCUT2D eigenvalue weighted by Crippen LogP contribution is -2.41. The summed E-state index contributed by atoms with van der Waals surface area (Å²) in [7, 11) is 0. The average Bonchev–Trinajstić information content (AvgIpc) is 3.25. The van der Waals surface area contributed by atoms with Crippen LogP contribution in [0, 0.1) is 11.6 Å². The maximum Gasteiger partial charge on any atom is 0.322 e. The fourth-order valence-corrected chi connectivity index (χ4v) is 3.68. The Bertz CT molecular complexity index is 1290. The molecule has 3 aromatic rings. The lowest BCUT2D eigenvalue weighted by molar-refractivity contribution is -0.116. The monoisotopic (exact) mass is 551 g/mol. The number of rotatable bonds is 8. The molecule has 1 heterocycles. The zero-order valence-electron chi connectivity index (χ0n) is 21.0. The molecule has 3 rings (SSSR count). The normalized spacial score (nSPS) is 11.4. The lowest BCUT2D eigenvalue weighted by Gasteiger charge is -2.22. The molecule has 0 saturated heterocycles. The fraction of sp³-hybridized carbons (Fsp3) is 0.346. The van der Waals surface area contributed by atoms with E-state index >= 15 is 0 Å². The lowest BCUT2D eigenvalue weighted by atomic mass is 9.92. The molecule has 7 nitrogen and oxygen atoms in total. The number of nitrogens with one attached hydrogen (secondary N) is 2. The van der Waals surface area contributed by atoms with E-state index in [4.69, 9.17) is 23.2 Å². The van der Waals surface area contributed by atoms with Gasteiger partial charge in [0.1, 0.15) is 12.4 Å². The van der Waals surface area contributed by atoms with E-state index in [1.807, 2.05) is 27.7 Å². The molecule has 0 aliphatic carbocycles. The highest BCUT2D eigenvalue weighted by Crippen LogP contribution is 2.29. The highest BCUT2D eigenvalue weighted by molar-refractivity contribution is 6.42. The Balaban J connectivity index is 1.83. The van der Waals surface area contributed by atoms with Crippen molar-refractivity contribution in [3.8, 4) is 5.69 Å². The molecule has 2 aromatic carbocycles. The average molecular weight is 552 g/mol. The third-order valence-corrected chi connectivity index (χ3v) is 6.21. The first-order valence-corrected chi connectivity index (χ1v) is 12.5. The maximum atomic E-state index is 13.6. The number of urea groups is 1. The molecule has 0 atom stereocenters. The Kier molecular flexibility index (Phi) is 9.15. The van der Waals surface area contributed by atoms with Crippen molar-refractivity contribution >= 4 is 46.6 Å². The van der Waals surface area contributed by atoms with E-state index in [0.29, 0.717) is 34.5 Å². The number of carbonyl (C=O) groups excluding carboxylic acids is 2. The van der Waals surface area contributed by atoms with Gasteiger partial charge in [-0.15, -0.1) is 0 Å².